The second-order valence-corrected chi connectivity index (χ2v) is 6.61. The normalized spacial score (nSPS) is 10.6. The Morgan fingerprint density at radius 1 is 1.19 bits per heavy atom. The van der Waals surface area contributed by atoms with Crippen molar-refractivity contribution >= 4 is 17.5 Å². The van der Waals surface area contributed by atoms with Crippen molar-refractivity contribution in [2.75, 3.05) is 6.61 Å². The van der Waals surface area contributed by atoms with E-state index >= 15 is 0 Å². The number of amides is 1. The zero-order chi connectivity index (χ0) is 19.1. The zero-order valence-corrected chi connectivity index (χ0v) is 15.9. The fourth-order valence-corrected chi connectivity index (χ4v) is 2.71. The summed E-state index contributed by atoms with van der Waals surface area (Å²) in [7, 11) is 0. The molecule has 0 aliphatic carbocycles. The van der Waals surface area contributed by atoms with Crippen LogP contribution in [0.4, 0.5) is 0 Å². The Morgan fingerprint density at radius 3 is 2.74 bits per heavy atom. The number of nitrogens with zero attached hydrogens (tertiary/aromatic N) is 1. The summed E-state index contributed by atoms with van der Waals surface area (Å²) in [5, 5.41) is 10.6. The van der Waals surface area contributed by atoms with E-state index in [1.807, 2.05) is 36.4 Å². The van der Waals surface area contributed by atoms with E-state index in [2.05, 4.69) is 22.4 Å². The minimum absolute atomic E-state index is 0.215. The van der Waals surface area contributed by atoms with Gasteiger partial charge >= 0.3 is 0 Å². The number of hydrogen-bond acceptors (Lipinski definition) is 3. The fraction of sp³-hybridized carbons (Fsp3) is 0.238. The van der Waals surface area contributed by atoms with Crippen LogP contribution in [0.25, 0.3) is 11.3 Å². The monoisotopic (exact) mass is 383 g/mol. The van der Waals surface area contributed by atoms with Crippen molar-refractivity contribution in [3.63, 3.8) is 0 Å². The predicted molar refractivity (Wildman–Crippen MR) is 107 cm³/mol. The molecular weight excluding hydrogens is 362 g/mol. The van der Waals surface area contributed by atoms with Crippen LogP contribution in [0, 0.1) is 0 Å². The molecule has 5 nitrogen and oxygen atoms in total. The van der Waals surface area contributed by atoms with E-state index in [9.17, 15) is 4.79 Å². The van der Waals surface area contributed by atoms with Gasteiger partial charge in [0.2, 0.25) is 0 Å². The molecule has 1 amide bonds. The van der Waals surface area contributed by atoms with Gasteiger partial charge in [0.25, 0.3) is 5.91 Å². The molecule has 0 radical (unpaired) electrons. The van der Waals surface area contributed by atoms with Crippen molar-refractivity contribution in [3.8, 4) is 17.0 Å². The quantitative estimate of drug-likeness (QED) is 0.547. The maximum Gasteiger partial charge on any atom is 0.269 e. The molecular formula is C21H22ClN3O2. The molecule has 0 fully saturated rings. The molecule has 0 saturated carbocycles. The van der Waals surface area contributed by atoms with Gasteiger partial charge in [-0.2, -0.15) is 5.10 Å². The summed E-state index contributed by atoms with van der Waals surface area (Å²) in [6, 6.07) is 16.8. The Bertz CT molecular complexity index is 890. The summed E-state index contributed by atoms with van der Waals surface area (Å²) >= 11 is 5.87. The number of ether oxygens (including phenoxy) is 1. The van der Waals surface area contributed by atoms with E-state index in [1.54, 1.807) is 18.2 Å². The van der Waals surface area contributed by atoms with Crippen LogP contribution in [0.15, 0.2) is 54.6 Å². The van der Waals surface area contributed by atoms with Crippen molar-refractivity contribution in [1.29, 1.82) is 0 Å². The van der Waals surface area contributed by atoms with Crippen molar-refractivity contribution in [3.05, 3.63) is 70.9 Å². The number of aromatic amines is 1. The number of H-pyrrole nitrogens is 1. The van der Waals surface area contributed by atoms with Crippen molar-refractivity contribution in [2.24, 2.45) is 0 Å². The second kappa shape index (κ2) is 9.24. The van der Waals surface area contributed by atoms with E-state index in [1.165, 1.54) is 0 Å². The van der Waals surface area contributed by atoms with Gasteiger partial charge in [-0.25, -0.2) is 0 Å². The Balaban J connectivity index is 1.67. The molecule has 3 aromatic rings. The highest BCUT2D eigenvalue weighted by molar-refractivity contribution is 6.30. The summed E-state index contributed by atoms with van der Waals surface area (Å²) in [6.07, 6.45) is 2.07. The highest BCUT2D eigenvalue weighted by atomic mass is 35.5. The van der Waals surface area contributed by atoms with Crippen LogP contribution in [-0.4, -0.2) is 22.7 Å². The van der Waals surface area contributed by atoms with Gasteiger partial charge in [0.1, 0.15) is 11.4 Å². The molecule has 6 heteroatoms. The number of halogens is 1. The second-order valence-electron chi connectivity index (χ2n) is 6.17. The van der Waals surface area contributed by atoms with E-state index in [-0.39, 0.29) is 5.91 Å². The smallest absolute Gasteiger partial charge is 0.269 e. The first-order chi connectivity index (χ1) is 13.2. The third-order valence-corrected chi connectivity index (χ3v) is 4.36. The lowest BCUT2D eigenvalue weighted by Crippen LogP contribution is -2.23. The number of hydrogen-bond donors (Lipinski definition) is 2. The van der Waals surface area contributed by atoms with Gasteiger partial charge in [-0.05, 0) is 42.3 Å². The predicted octanol–water partition coefficient (Wildman–Crippen LogP) is 4.84. The molecule has 0 saturated heterocycles. The van der Waals surface area contributed by atoms with Gasteiger partial charge in [0, 0.05) is 17.1 Å². The first-order valence-corrected chi connectivity index (χ1v) is 9.35. The minimum Gasteiger partial charge on any atom is -0.493 e. The summed E-state index contributed by atoms with van der Waals surface area (Å²) in [4.78, 5) is 12.4. The Kier molecular flexibility index (Phi) is 6.49. The fourth-order valence-electron chi connectivity index (χ4n) is 2.59. The van der Waals surface area contributed by atoms with E-state index < -0.39 is 0 Å². The maximum atomic E-state index is 12.4. The number of para-hydroxylation sites is 1. The molecule has 27 heavy (non-hydrogen) atoms. The standard InChI is InChI=1S/C21H22ClN3O2/c1-2-3-12-27-20-7-5-4-6-17(20)18-13-19(25-24-18)21(26)23-14-15-8-10-16(22)11-9-15/h4-11,13H,2-3,12,14H2,1H3,(H,23,26)(H,24,25). The average molecular weight is 384 g/mol. The summed E-state index contributed by atoms with van der Waals surface area (Å²) in [5.41, 5.74) is 2.92. The van der Waals surface area contributed by atoms with Gasteiger partial charge in [0.05, 0.1) is 12.3 Å². The number of carbonyl (C=O) groups is 1. The molecule has 0 aliphatic heterocycles. The zero-order valence-electron chi connectivity index (χ0n) is 15.2. The molecule has 0 atom stereocenters. The van der Waals surface area contributed by atoms with Crippen LogP contribution in [-0.2, 0) is 6.54 Å². The number of carbonyl (C=O) groups excluding carboxylic acids is 1. The van der Waals surface area contributed by atoms with Gasteiger partial charge in [0.15, 0.2) is 0 Å². The number of benzene rings is 2. The third kappa shape index (κ3) is 5.11. The molecule has 1 heterocycles. The summed E-state index contributed by atoms with van der Waals surface area (Å²) < 4.78 is 5.85. The molecule has 0 unspecified atom stereocenters. The largest absolute Gasteiger partial charge is 0.493 e. The van der Waals surface area contributed by atoms with Gasteiger partial charge in [-0.15, -0.1) is 0 Å². The summed E-state index contributed by atoms with van der Waals surface area (Å²) in [6.45, 7) is 3.20. The Labute approximate surface area is 163 Å². The number of aromatic nitrogens is 2. The lowest BCUT2D eigenvalue weighted by molar-refractivity contribution is 0.0946. The lowest BCUT2D eigenvalue weighted by Gasteiger charge is -2.09. The number of unbranched alkanes of at least 4 members (excludes halogenated alkanes) is 1. The van der Waals surface area contributed by atoms with Crippen LogP contribution >= 0.6 is 11.6 Å². The van der Waals surface area contributed by atoms with Crippen LogP contribution in [0.2, 0.25) is 5.02 Å². The Hall–Kier alpha value is -2.79. The van der Waals surface area contributed by atoms with E-state index in [0.29, 0.717) is 29.6 Å². The molecule has 0 spiro atoms. The van der Waals surface area contributed by atoms with Gasteiger partial charge in [-0.1, -0.05) is 49.2 Å². The highest BCUT2D eigenvalue weighted by Crippen LogP contribution is 2.29. The number of rotatable bonds is 8. The highest BCUT2D eigenvalue weighted by Gasteiger charge is 2.13. The number of nitrogens with one attached hydrogen (secondary N) is 2. The van der Waals surface area contributed by atoms with E-state index in [0.717, 1.165) is 29.7 Å². The molecule has 2 N–H and O–H groups in total. The summed E-state index contributed by atoms with van der Waals surface area (Å²) in [5.74, 6) is 0.554. The topological polar surface area (TPSA) is 67.0 Å². The SMILES string of the molecule is CCCCOc1ccccc1-c1cc(C(=O)NCc2ccc(Cl)cc2)[nH]n1. The van der Waals surface area contributed by atoms with Crippen LogP contribution < -0.4 is 10.1 Å². The van der Waals surface area contributed by atoms with Gasteiger partial charge < -0.3 is 10.1 Å². The average Bonchev–Trinajstić information content (AvgIpc) is 3.18. The van der Waals surface area contributed by atoms with Crippen molar-refractivity contribution in [1.82, 2.24) is 15.5 Å². The van der Waals surface area contributed by atoms with Gasteiger partial charge in [-0.3, -0.25) is 9.89 Å². The molecule has 0 bridgehead atoms. The van der Waals surface area contributed by atoms with Crippen LogP contribution in [0.5, 0.6) is 5.75 Å². The van der Waals surface area contributed by atoms with Crippen LogP contribution in [0.1, 0.15) is 35.8 Å². The first kappa shape index (κ1) is 19.0. The van der Waals surface area contributed by atoms with Crippen LogP contribution in [0.3, 0.4) is 0 Å². The third-order valence-electron chi connectivity index (χ3n) is 4.11. The Morgan fingerprint density at radius 2 is 1.96 bits per heavy atom. The minimum atomic E-state index is -0.215. The van der Waals surface area contributed by atoms with Crippen molar-refractivity contribution in [2.45, 2.75) is 26.3 Å². The molecule has 1 aromatic heterocycles. The first-order valence-electron chi connectivity index (χ1n) is 8.97. The molecule has 3 rings (SSSR count). The molecule has 140 valence electrons. The van der Waals surface area contributed by atoms with E-state index in [4.69, 9.17) is 16.3 Å². The van der Waals surface area contributed by atoms with Crippen molar-refractivity contribution < 1.29 is 9.53 Å². The molecule has 0 aliphatic rings. The lowest BCUT2D eigenvalue weighted by atomic mass is 10.1. The molecule has 2 aromatic carbocycles. The maximum absolute atomic E-state index is 12.4.